The number of hydrogen-bond acceptors (Lipinski definition) is 7. The van der Waals surface area contributed by atoms with Gasteiger partial charge in [0.2, 0.25) is 5.95 Å². The summed E-state index contributed by atoms with van der Waals surface area (Å²) in [6, 6.07) is 7.08. The van der Waals surface area contributed by atoms with E-state index in [1.165, 1.54) is 4.57 Å². The van der Waals surface area contributed by atoms with Gasteiger partial charge in [0.25, 0.3) is 5.56 Å². The van der Waals surface area contributed by atoms with Crippen LogP contribution in [0.1, 0.15) is 19.8 Å². The highest BCUT2D eigenvalue weighted by atomic mass is 16.5. The molecule has 2 N–H and O–H groups in total. The van der Waals surface area contributed by atoms with Gasteiger partial charge in [0.15, 0.2) is 11.2 Å². The van der Waals surface area contributed by atoms with Crippen LogP contribution < -0.4 is 25.6 Å². The Kier molecular flexibility index (Phi) is 6.22. The first-order valence-corrected chi connectivity index (χ1v) is 10.8. The Balaban J connectivity index is 1.63. The van der Waals surface area contributed by atoms with E-state index in [4.69, 9.17) is 9.47 Å². The van der Waals surface area contributed by atoms with Crippen molar-refractivity contribution < 1.29 is 14.6 Å². The number of aromatic nitrogens is 4. The fraction of sp³-hybridized carbons (Fsp3) is 0.500. The van der Waals surface area contributed by atoms with Crippen LogP contribution in [0.25, 0.3) is 11.2 Å². The molecule has 2 unspecified atom stereocenters. The predicted octanol–water partition coefficient (Wildman–Crippen LogP) is 1.11. The number of ether oxygens (including phenoxy) is 2. The largest absolute Gasteiger partial charge is 0.497 e. The number of anilines is 1. The predicted molar refractivity (Wildman–Crippen MR) is 121 cm³/mol. The monoisotopic (exact) mass is 443 g/mol. The van der Waals surface area contributed by atoms with Crippen LogP contribution in [0, 0.1) is 5.92 Å². The number of methoxy groups -OCH3 is 1. The zero-order chi connectivity index (χ0) is 22.8. The number of nitrogens with zero attached hydrogens (tertiary/aromatic N) is 4. The average molecular weight is 444 g/mol. The lowest BCUT2D eigenvalue weighted by atomic mass is 10.0. The highest BCUT2D eigenvalue weighted by Gasteiger charge is 2.26. The van der Waals surface area contributed by atoms with Crippen molar-refractivity contribution in [2.24, 2.45) is 13.0 Å². The number of imidazole rings is 1. The normalized spacial score (nSPS) is 17.5. The van der Waals surface area contributed by atoms with E-state index >= 15 is 0 Å². The molecule has 4 rings (SSSR count). The first kappa shape index (κ1) is 21.9. The van der Waals surface area contributed by atoms with Gasteiger partial charge in [-0.1, -0.05) is 6.92 Å². The number of nitrogens with one attached hydrogen (secondary N) is 1. The van der Waals surface area contributed by atoms with Gasteiger partial charge in [0.1, 0.15) is 24.2 Å². The molecule has 1 saturated heterocycles. The SMILES string of the molecule is COc1ccc(OCC(O)Cn2c(N3CCCC(C)C3)nc3c2c(=O)[nH]c(=O)n3C)cc1. The Labute approximate surface area is 185 Å². The molecule has 32 heavy (non-hydrogen) atoms. The van der Waals surface area contributed by atoms with Crippen LogP contribution in [0.15, 0.2) is 33.9 Å². The molecule has 1 aliphatic heterocycles. The van der Waals surface area contributed by atoms with Crippen LogP contribution in [-0.4, -0.2) is 57.1 Å². The summed E-state index contributed by atoms with van der Waals surface area (Å²) in [5.41, 5.74) is -0.469. The van der Waals surface area contributed by atoms with E-state index in [-0.39, 0.29) is 18.7 Å². The average Bonchev–Trinajstić information content (AvgIpc) is 3.16. The number of aliphatic hydroxyl groups is 1. The highest BCUT2D eigenvalue weighted by Crippen LogP contribution is 2.25. The molecule has 2 atom stereocenters. The Hall–Kier alpha value is -3.27. The second kappa shape index (κ2) is 9.07. The smallest absolute Gasteiger partial charge is 0.329 e. The van der Waals surface area contributed by atoms with E-state index in [0.717, 1.165) is 25.9 Å². The van der Waals surface area contributed by atoms with Gasteiger partial charge in [-0.15, -0.1) is 0 Å². The Morgan fingerprint density at radius 3 is 2.66 bits per heavy atom. The number of H-pyrrole nitrogens is 1. The van der Waals surface area contributed by atoms with Crippen molar-refractivity contribution in [2.75, 3.05) is 31.7 Å². The van der Waals surface area contributed by atoms with Crippen molar-refractivity contribution in [3.8, 4) is 11.5 Å². The molecular weight excluding hydrogens is 414 g/mol. The molecular formula is C22H29N5O5. The second-order valence-electron chi connectivity index (χ2n) is 8.35. The summed E-state index contributed by atoms with van der Waals surface area (Å²) < 4.78 is 13.9. The Bertz CT molecular complexity index is 1200. The number of fused-ring (bicyclic) bond motifs is 1. The number of hydrogen-bond donors (Lipinski definition) is 2. The van der Waals surface area contributed by atoms with E-state index in [2.05, 4.69) is 21.8 Å². The Morgan fingerprint density at radius 1 is 1.25 bits per heavy atom. The third-order valence-corrected chi connectivity index (χ3v) is 5.82. The number of aryl methyl sites for hydroxylation is 1. The van der Waals surface area contributed by atoms with Crippen molar-refractivity contribution in [3.05, 3.63) is 45.1 Å². The lowest BCUT2D eigenvalue weighted by Crippen LogP contribution is -2.37. The number of aromatic amines is 1. The zero-order valence-corrected chi connectivity index (χ0v) is 18.6. The van der Waals surface area contributed by atoms with Crippen LogP contribution in [-0.2, 0) is 13.6 Å². The molecule has 2 aromatic heterocycles. The number of piperidine rings is 1. The third-order valence-electron chi connectivity index (χ3n) is 5.82. The fourth-order valence-corrected chi connectivity index (χ4v) is 4.14. The van der Waals surface area contributed by atoms with E-state index in [9.17, 15) is 14.7 Å². The second-order valence-corrected chi connectivity index (χ2v) is 8.35. The number of benzene rings is 1. The van der Waals surface area contributed by atoms with Gasteiger partial charge in [0.05, 0.1) is 13.7 Å². The van der Waals surface area contributed by atoms with E-state index in [1.54, 1.807) is 43.0 Å². The molecule has 1 fully saturated rings. The molecule has 10 nitrogen and oxygen atoms in total. The molecule has 0 amide bonds. The van der Waals surface area contributed by atoms with Crippen molar-refractivity contribution in [2.45, 2.75) is 32.4 Å². The lowest BCUT2D eigenvalue weighted by Gasteiger charge is -2.32. The minimum Gasteiger partial charge on any atom is -0.497 e. The van der Waals surface area contributed by atoms with Crippen LogP contribution in [0.2, 0.25) is 0 Å². The summed E-state index contributed by atoms with van der Waals surface area (Å²) in [6.45, 7) is 3.92. The summed E-state index contributed by atoms with van der Waals surface area (Å²) in [5, 5.41) is 10.7. The molecule has 0 aliphatic carbocycles. The third kappa shape index (κ3) is 4.36. The highest BCUT2D eigenvalue weighted by molar-refractivity contribution is 5.74. The van der Waals surface area contributed by atoms with Crippen LogP contribution in [0.3, 0.4) is 0 Å². The standard InChI is InChI=1S/C22H29N5O5/c1-14-5-4-10-26(11-14)21-23-19-18(20(29)24-22(30)25(19)2)27(21)12-15(28)13-32-17-8-6-16(31-3)7-9-17/h6-9,14-15,28H,4-5,10-13H2,1-3H3,(H,24,29,30). The topological polar surface area (TPSA) is 115 Å². The quantitative estimate of drug-likeness (QED) is 0.562. The van der Waals surface area contributed by atoms with Crippen molar-refractivity contribution in [1.29, 1.82) is 0 Å². The van der Waals surface area contributed by atoms with Crippen molar-refractivity contribution >= 4 is 17.1 Å². The van der Waals surface area contributed by atoms with Gasteiger partial charge in [-0.05, 0) is 43.0 Å². The number of aliphatic hydroxyl groups excluding tert-OH is 1. The molecule has 1 aromatic carbocycles. The Morgan fingerprint density at radius 2 is 1.97 bits per heavy atom. The van der Waals surface area contributed by atoms with Gasteiger partial charge in [-0.2, -0.15) is 4.98 Å². The van der Waals surface area contributed by atoms with Gasteiger partial charge >= 0.3 is 5.69 Å². The maximum Gasteiger partial charge on any atom is 0.329 e. The van der Waals surface area contributed by atoms with Crippen molar-refractivity contribution in [1.82, 2.24) is 19.1 Å². The minimum atomic E-state index is -0.896. The van der Waals surface area contributed by atoms with Gasteiger partial charge in [0, 0.05) is 20.1 Å². The maximum atomic E-state index is 12.7. The fourth-order valence-electron chi connectivity index (χ4n) is 4.14. The number of rotatable bonds is 7. The summed E-state index contributed by atoms with van der Waals surface area (Å²) in [5.74, 6) is 2.39. The van der Waals surface area contributed by atoms with E-state index in [0.29, 0.717) is 29.0 Å². The summed E-state index contributed by atoms with van der Waals surface area (Å²) >= 11 is 0. The lowest BCUT2D eigenvalue weighted by molar-refractivity contribution is 0.0935. The van der Waals surface area contributed by atoms with Crippen molar-refractivity contribution in [3.63, 3.8) is 0 Å². The van der Waals surface area contributed by atoms with Crippen LogP contribution in [0.4, 0.5) is 5.95 Å². The molecule has 3 heterocycles. The molecule has 0 saturated carbocycles. The molecule has 1 aliphatic rings. The molecule has 0 spiro atoms. The first-order valence-electron chi connectivity index (χ1n) is 10.8. The molecule has 0 radical (unpaired) electrons. The summed E-state index contributed by atoms with van der Waals surface area (Å²) in [6.07, 6.45) is 1.25. The van der Waals surface area contributed by atoms with Gasteiger partial charge < -0.3 is 24.0 Å². The zero-order valence-electron chi connectivity index (χ0n) is 18.6. The maximum absolute atomic E-state index is 12.7. The van der Waals surface area contributed by atoms with E-state index in [1.807, 2.05) is 0 Å². The summed E-state index contributed by atoms with van der Waals surface area (Å²) in [7, 11) is 3.16. The molecule has 3 aromatic rings. The van der Waals surface area contributed by atoms with Gasteiger partial charge in [-0.25, -0.2) is 4.79 Å². The molecule has 172 valence electrons. The van der Waals surface area contributed by atoms with E-state index < -0.39 is 17.4 Å². The first-order chi connectivity index (χ1) is 15.4. The molecule has 0 bridgehead atoms. The van der Waals surface area contributed by atoms with Crippen LogP contribution >= 0.6 is 0 Å². The summed E-state index contributed by atoms with van der Waals surface area (Å²) in [4.78, 5) is 33.9. The van der Waals surface area contributed by atoms with Crippen LogP contribution in [0.5, 0.6) is 11.5 Å². The minimum absolute atomic E-state index is 0.0332. The molecule has 10 heteroatoms. The van der Waals surface area contributed by atoms with Gasteiger partial charge in [-0.3, -0.25) is 14.3 Å².